The van der Waals surface area contributed by atoms with E-state index in [-0.39, 0.29) is 5.91 Å². The van der Waals surface area contributed by atoms with Crippen molar-refractivity contribution in [2.75, 3.05) is 27.4 Å². The number of rotatable bonds is 9. The summed E-state index contributed by atoms with van der Waals surface area (Å²) in [6, 6.07) is 24.5. The molecule has 0 unspecified atom stereocenters. The zero-order valence-electron chi connectivity index (χ0n) is 17.1. The summed E-state index contributed by atoms with van der Waals surface area (Å²) in [5.41, 5.74) is 2.35. The minimum atomic E-state index is -0.157. The van der Waals surface area contributed by atoms with Gasteiger partial charge in [-0.3, -0.25) is 4.79 Å². The van der Waals surface area contributed by atoms with E-state index in [0.717, 1.165) is 28.4 Å². The number of amides is 1. The van der Waals surface area contributed by atoms with Gasteiger partial charge in [0, 0.05) is 5.57 Å². The van der Waals surface area contributed by atoms with Crippen LogP contribution < -0.4 is 19.5 Å². The Morgan fingerprint density at radius 1 is 0.800 bits per heavy atom. The second kappa shape index (κ2) is 10.7. The van der Waals surface area contributed by atoms with Gasteiger partial charge in [0.1, 0.15) is 23.9 Å². The van der Waals surface area contributed by atoms with E-state index in [1.54, 1.807) is 14.2 Å². The van der Waals surface area contributed by atoms with Crippen LogP contribution in [0.5, 0.6) is 17.2 Å². The van der Waals surface area contributed by atoms with Gasteiger partial charge in [-0.2, -0.15) is 0 Å². The lowest BCUT2D eigenvalue weighted by Crippen LogP contribution is -2.28. The van der Waals surface area contributed by atoms with E-state index < -0.39 is 0 Å². The van der Waals surface area contributed by atoms with Gasteiger partial charge in [-0.1, -0.05) is 42.5 Å². The Hall–Kier alpha value is -3.73. The third kappa shape index (κ3) is 5.88. The first-order chi connectivity index (χ1) is 14.7. The number of carbonyl (C=O) groups is 1. The molecule has 30 heavy (non-hydrogen) atoms. The summed E-state index contributed by atoms with van der Waals surface area (Å²) in [5, 5.41) is 2.94. The van der Waals surface area contributed by atoms with Gasteiger partial charge in [0.2, 0.25) is 0 Å². The van der Waals surface area contributed by atoms with Crippen LogP contribution in [0.3, 0.4) is 0 Å². The Morgan fingerprint density at radius 3 is 1.97 bits per heavy atom. The summed E-state index contributed by atoms with van der Waals surface area (Å²) < 4.78 is 16.0. The van der Waals surface area contributed by atoms with E-state index in [1.165, 1.54) is 0 Å². The van der Waals surface area contributed by atoms with Gasteiger partial charge in [0.05, 0.1) is 20.8 Å². The van der Waals surface area contributed by atoms with E-state index in [9.17, 15) is 4.79 Å². The van der Waals surface area contributed by atoms with Gasteiger partial charge in [0.25, 0.3) is 5.91 Å². The number of hydrogen-bond donors (Lipinski definition) is 1. The van der Waals surface area contributed by atoms with Gasteiger partial charge in [0.15, 0.2) is 0 Å². The van der Waals surface area contributed by atoms with Crippen molar-refractivity contribution in [2.45, 2.75) is 0 Å². The zero-order valence-corrected chi connectivity index (χ0v) is 17.1. The molecule has 0 spiro atoms. The molecule has 0 bridgehead atoms. The van der Waals surface area contributed by atoms with Crippen molar-refractivity contribution in [3.05, 3.63) is 90.0 Å². The van der Waals surface area contributed by atoms with Crippen molar-refractivity contribution in [3.8, 4) is 17.2 Å². The Labute approximate surface area is 176 Å². The second-order valence-corrected chi connectivity index (χ2v) is 6.48. The highest BCUT2D eigenvalue weighted by Gasteiger charge is 2.12. The molecule has 0 saturated heterocycles. The molecule has 0 aromatic heterocycles. The summed E-state index contributed by atoms with van der Waals surface area (Å²) in [4.78, 5) is 12.9. The van der Waals surface area contributed by atoms with E-state index in [0.29, 0.717) is 18.7 Å². The molecule has 1 N–H and O–H groups in total. The van der Waals surface area contributed by atoms with Crippen LogP contribution >= 0.6 is 0 Å². The number of nitrogens with one attached hydrogen (secondary N) is 1. The van der Waals surface area contributed by atoms with Crippen LogP contribution in [0.15, 0.2) is 78.9 Å². The maximum Gasteiger partial charge on any atom is 0.252 e. The van der Waals surface area contributed by atoms with Gasteiger partial charge in [-0.25, -0.2) is 0 Å². The van der Waals surface area contributed by atoms with E-state index in [1.807, 2.05) is 84.9 Å². The standard InChI is InChI=1S/C25H25NO4/c1-28-21-10-8-19(9-11-21)18-24(20-6-4-3-5-7-20)25(27)26-16-17-30-23-14-12-22(29-2)13-15-23/h3-15,18H,16-17H2,1-2H3,(H,26,27)/b24-18+. The molecular formula is C25H25NO4. The zero-order chi connectivity index (χ0) is 21.2. The SMILES string of the molecule is COc1ccc(/C=C(/C(=O)NCCOc2ccc(OC)cc2)c2ccccc2)cc1. The molecule has 1 amide bonds. The minimum Gasteiger partial charge on any atom is -0.497 e. The molecular weight excluding hydrogens is 378 g/mol. The summed E-state index contributed by atoms with van der Waals surface area (Å²) in [6.07, 6.45) is 1.87. The number of methoxy groups -OCH3 is 2. The molecule has 3 aromatic rings. The fourth-order valence-electron chi connectivity index (χ4n) is 2.87. The monoisotopic (exact) mass is 403 g/mol. The Kier molecular flexibility index (Phi) is 7.50. The Balaban J connectivity index is 1.65. The van der Waals surface area contributed by atoms with Crippen LogP contribution in [0.4, 0.5) is 0 Å². The predicted octanol–water partition coefficient (Wildman–Crippen LogP) is 4.44. The second-order valence-electron chi connectivity index (χ2n) is 6.48. The number of carbonyl (C=O) groups excluding carboxylic acids is 1. The van der Waals surface area contributed by atoms with Gasteiger partial charge in [-0.05, 0) is 53.6 Å². The lowest BCUT2D eigenvalue weighted by molar-refractivity contribution is -0.115. The first-order valence-corrected chi connectivity index (χ1v) is 9.66. The van der Waals surface area contributed by atoms with Crippen LogP contribution in [-0.4, -0.2) is 33.3 Å². The molecule has 5 nitrogen and oxygen atoms in total. The first-order valence-electron chi connectivity index (χ1n) is 9.66. The quantitative estimate of drug-likeness (QED) is 0.326. The van der Waals surface area contributed by atoms with E-state index in [2.05, 4.69) is 5.32 Å². The molecule has 0 aliphatic heterocycles. The fourth-order valence-corrected chi connectivity index (χ4v) is 2.87. The maximum atomic E-state index is 12.9. The highest BCUT2D eigenvalue weighted by Crippen LogP contribution is 2.21. The molecule has 0 radical (unpaired) electrons. The number of hydrogen-bond acceptors (Lipinski definition) is 4. The van der Waals surface area contributed by atoms with Crippen molar-refractivity contribution in [3.63, 3.8) is 0 Å². The topological polar surface area (TPSA) is 56.8 Å². The summed E-state index contributed by atoms with van der Waals surface area (Å²) in [7, 11) is 3.25. The van der Waals surface area contributed by atoms with E-state index >= 15 is 0 Å². The van der Waals surface area contributed by atoms with Gasteiger partial charge >= 0.3 is 0 Å². The molecule has 0 aliphatic carbocycles. The third-order valence-corrected chi connectivity index (χ3v) is 4.47. The average molecular weight is 403 g/mol. The molecule has 0 atom stereocenters. The molecule has 0 saturated carbocycles. The smallest absolute Gasteiger partial charge is 0.252 e. The highest BCUT2D eigenvalue weighted by molar-refractivity contribution is 6.24. The molecule has 154 valence electrons. The van der Waals surface area contributed by atoms with Crippen LogP contribution in [0.2, 0.25) is 0 Å². The molecule has 3 aromatic carbocycles. The van der Waals surface area contributed by atoms with Crippen LogP contribution in [0.25, 0.3) is 11.6 Å². The molecule has 0 aliphatic rings. The number of benzene rings is 3. The Morgan fingerprint density at radius 2 is 1.37 bits per heavy atom. The average Bonchev–Trinajstić information content (AvgIpc) is 2.81. The minimum absolute atomic E-state index is 0.157. The van der Waals surface area contributed by atoms with Crippen molar-refractivity contribution in [1.82, 2.24) is 5.32 Å². The number of ether oxygens (including phenoxy) is 3. The van der Waals surface area contributed by atoms with Crippen molar-refractivity contribution >= 4 is 17.6 Å². The summed E-state index contributed by atoms with van der Waals surface area (Å²) >= 11 is 0. The van der Waals surface area contributed by atoms with Crippen LogP contribution in [-0.2, 0) is 4.79 Å². The molecule has 5 heteroatoms. The van der Waals surface area contributed by atoms with Gasteiger partial charge in [-0.15, -0.1) is 0 Å². The molecule has 3 rings (SSSR count). The van der Waals surface area contributed by atoms with Crippen molar-refractivity contribution in [2.24, 2.45) is 0 Å². The van der Waals surface area contributed by atoms with Crippen LogP contribution in [0.1, 0.15) is 11.1 Å². The van der Waals surface area contributed by atoms with Gasteiger partial charge < -0.3 is 19.5 Å². The lowest BCUT2D eigenvalue weighted by atomic mass is 10.0. The lowest BCUT2D eigenvalue weighted by Gasteiger charge is -2.11. The van der Waals surface area contributed by atoms with E-state index in [4.69, 9.17) is 14.2 Å². The Bertz CT molecular complexity index is 964. The molecule has 0 fully saturated rings. The summed E-state index contributed by atoms with van der Waals surface area (Å²) in [6.45, 7) is 0.750. The van der Waals surface area contributed by atoms with Crippen molar-refractivity contribution in [1.29, 1.82) is 0 Å². The normalized spacial score (nSPS) is 10.9. The highest BCUT2D eigenvalue weighted by atomic mass is 16.5. The summed E-state index contributed by atoms with van der Waals surface area (Å²) in [5.74, 6) is 2.11. The fraction of sp³-hybridized carbons (Fsp3) is 0.160. The molecule has 0 heterocycles. The largest absolute Gasteiger partial charge is 0.497 e. The third-order valence-electron chi connectivity index (χ3n) is 4.47. The van der Waals surface area contributed by atoms with Crippen molar-refractivity contribution < 1.29 is 19.0 Å². The maximum absolute atomic E-state index is 12.9. The predicted molar refractivity (Wildman–Crippen MR) is 119 cm³/mol. The first kappa shape index (κ1) is 21.0. The van der Waals surface area contributed by atoms with Crippen LogP contribution in [0, 0.1) is 0 Å².